The van der Waals surface area contributed by atoms with E-state index in [1.54, 1.807) is 0 Å². The first-order valence-electron chi connectivity index (χ1n) is 10.8. The summed E-state index contributed by atoms with van der Waals surface area (Å²) in [5, 5.41) is 3.35. The molecular weight excluding hydrogens is 398 g/mol. The number of aromatic nitrogens is 1. The van der Waals surface area contributed by atoms with E-state index >= 15 is 0 Å². The molecule has 3 saturated heterocycles. The Kier molecular flexibility index (Phi) is 6.97. The van der Waals surface area contributed by atoms with E-state index < -0.39 is 11.2 Å². The van der Waals surface area contributed by atoms with Crippen LogP contribution >= 0.6 is 0 Å². The zero-order chi connectivity index (χ0) is 20.9. The molecule has 0 aliphatic carbocycles. The fourth-order valence-corrected chi connectivity index (χ4v) is 5.68. The summed E-state index contributed by atoms with van der Waals surface area (Å²) in [5.74, 6) is 2.37. The van der Waals surface area contributed by atoms with Gasteiger partial charge in [-0.2, -0.15) is 0 Å². The van der Waals surface area contributed by atoms with Crippen LogP contribution in [0.2, 0.25) is 0 Å². The zero-order valence-corrected chi connectivity index (χ0v) is 18.2. The number of ether oxygens (including phenoxy) is 1. The predicted octanol–water partition coefficient (Wildman–Crippen LogP) is 2.22. The lowest BCUT2D eigenvalue weighted by Gasteiger charge is -2.33. The van der Waals surface area contributed by atoms with Gasteiger partial charge in [0.15, 0.2) is 5.82 Å². The molecule has 3 fully saturated rings. The number of hydrogen-bond acceptors (Lipinski definition) is 7. The maximum atomic E-state index is 12.6. The lowest BCUT2D eigenvalue weighted by atomic mass is 9.90. The van der Waals surface area contributed by atoms with Crippen molar-refractivity contribution < 1.29 is 9.29 Å². The molecule has 1 atom stereocenters. The second kappa shape index (κ2) is 9.85. The molecule has 0 saturated carbocycles. The highest BCUT2D eigenvalue weighted by atomic mass is 32.2. The molecule has 3 N–H and O–H groups in total. The van der Waals surface area contributed by atoms with E-state index in [2.05, 4.69) is 33.9 Å². The van der Waals surface area contributed by atoms with E-state index in [1.807, 2.05) is 12.4 Å². The first-order valence-corrected chi connectivity index (χ1v) is 12.1. The molecule has 1 unspecified atom stereocenters. The highest BCUT2D eigenvalue weighted by Gasteiger charge is 2.34. The van der Waals surface area contributed by atoms with Gasteiger partial charge in [-0.05, 0) is 60.5 Å². The van der Waals surface area contributed by atoms with Crippen LogP contribution in [-0.4, -0.2) is 58.2 Å². The normalized spacial score (nSPS) is 26.8. The van der Waals surface area contributed by atoms with Crippen molar-refractivity contribution in [1.29, 1.82) is 0 Å². The number of rotatable bonds is 5. The fourth-order valence-electron chi connectivity index (χ4n) is 4.38. The summed E-state index contributed by atoms with van der Waals surface area (Å²) in [6, 6.07) is 4.48. The minimum absolute atomic E-state index is 0.264. The number of allylic oxidation sites excluding steroid dienone is 1. The van der Waals surface area contributed by atoms with Crippen LogP contribution < -0.4 is 11.1 Å². The van der Waals surface area contributed by atoms with Gasteiger partial charge in [0.1, 0.15) is 17.3 Å². The number of nitrogens with zero attached hydrogens (tertiary/aromatic N) is 3. The molecule has 4 rings (SSSR count). The molecule has 0 bridgehead atoms. The lowest BCUT2D eigenvalue weighted by Crippen LogP contribution is -2.38. The Labute approximate surface area is 181 Å². The second-order valence-corrected chi connectivity index (χ2v) is 9.60. The third-order valence-electron chi connectivity index (χ3n) is 6.14. The molecule has 1 aromatic rings. The minimum Gasteiger partial charge on any atom is -0.611 e. The average molecular weight is 430 g/mol. The maximum absolute atomic E-state index is 12.6. The molecule has 0 amide bonds. The Balaban J connectivity index is 1.40. The largest absolute Gasteiger partial charge is 0.611 e. The molecule has 0 spiro atoms. The van der Waals surface area contributed by atoms with Gasteiger partial charge in [-0.15, -0.1) is 0 Å². The molecule has 162 valence electrons. The quantitative estimate of drug-likeness (QED) is 0.697. The van der Waals surface area contributed by atoms with Crippen molar-refractivity contribution in [1.82, 2.24) is 15.2 Å². The van der Waals surface area contributed by atoms with Gasteiger partial charge < -0.3 is 25.2 Å². The number of likely N-dealkylation sites (tertiary alicyclic amines) is 1. The van der Waals surface area contributed by atoms with Crippen LogP contribution in [0.4, 0.5) is 0 Å². The van der Waals surface area contributed by atoms with E-state index in [9.17, 15) is 4.55 Å². The van der Waals surface area contributed by atoms with E-state index in [0.29, 0.717) is 28.8 Å². The van der Waals surface area contributed by atoms with E-state index in [4.69, 9.17) is 15.5 Å². The third kappa shape index (κ3) is 4.99. The third-order valence-corrected chi connectivity index (χ3v) is 7.63. The van der Waals surface area contributed by atoms with Crippen LogP contribution in [0.5, 0.6) is 0 Å². The molecular formula is C22H31N5O2S. The van der Waals surface area contributed by atoms with Crippen molar-refractivity contribution in [2.24, 2.45) is 10.7 Å². The highest BCUT2D eigenvalue weighted by molar-refractivity contribution is 7.96. The van der Waals surface area contributed by atoms with Crippen molar-refractivity contribution in [3.63, 3.8) is 0 Å². The number of piperidine rings is 1. The average Bonchev–Trinajstić information content (AvgIpc) is 3.15. The minimum atomic E-state index is -1.11. The molecule has 4 heterocycles. The number of nitrogens with two attached hydrogens (primary N) is 1. The summed E-state index contributed by atoms with van der Waals surface area (Å²) in [4.78, 5) is 11.8. The van der Waals surface area contributed by atoms with Crippen LogP contribution in [0.1, 0.15) is 43.6 Å². The van der Waals surface area contributed by atoms with Gasteiger partial charge in [-0.3, -0.25) is 4.98 Å². The molecule has 8 heteroatoms. The maximum Gasteiger partial charge on any atom is 0.214 e. The van der Waals surface area contributed by atoms with Gasteiger partial charge in [-0.1, -0.05) is 6.58 Å². The smallest absolute Gasteiger partial charge is 0.214 e. The van der Waals surface area contributed by atoms with Crippen LogP contribution in [0, 0.1) is 0 Å². The van der Waals surface area contributed by atoms with Gasteiger partial charge >= 0.3 is 0 Å². The number of nitrogens with one attached hydrogen (secondary N) is 1. The van der Waals surface area contributed by atoms with Gasteiger partial charge in [0.05, 0.1) is 0 Å². The molecule has 7 nitrogen and oxygen atoms in total. The Morgan fingerprint density at radius 2 is 1.93 bits per heavy atom. The number of hydrogen-bond donors (Lipinski definition) is 2. The van der Waals surface area contributed by atoms with Crippen molar-refractivity contribution in [3.8, 4) is 0 Å². The summed E-state index contributed by atoms with van der Waals surface area (Å²) in [7, 11) is 0. The zero-order valence-electron chi connectivity index (χ0n) is 17.4. The Bertz CT molecular complexity index is 799. The number of pyridine rings is 1. The monoisotopic (exact) mass is 429 g/mol. The second-order valence-electron chi connectivity index (χ2n) is 8.09. The van der Waals surface area contributed by atoms with E-state index in [1.165, 1.54) is 5.56 Å². The standard InChI is InChI=1S/C22H31N5O2S/c1-16(27-11-4-18(5-12-27)17-2-9-24-10-3-17)25-20-8-15-30(28)21(20)22(23)26-19-6-13-29-14-7-19/h2-3,9-10,18-19,26H,1,4-8,11-15,23H2/b22-21-,25-20-. The van der Waals surface area contributed by atoms with Gasteiger partial charge in [0, 0.05) is 51.2 Å². The molecule has 0 radical (unpaired) electrons. The van der Waals surface area contributed by atoms with Crippen LogP contribution in [0.3, 0.4) is 0 Å². The molecule has 1 aromatic heterocycles. The summed E-state index contributed by atoms with van der Waals surface area (Å²) in [6.45, 7) is 7.50. The summed E-state index contributed by atoms with van der Waals surface area (Å²) >= 11 is -1.11. The summed E-state index contributed by atoms with van der Waals surface area (Å²) in [6.07, 6.45) is 8.34. The highest BCUT2D eigenvalue weighted by Crippen LogP contribution is 2.30. The topological polar surface area (TPSA) is 98.8 Å². The summed E-state index contributed by atoms with van der Waals surface area (Å²) in [5.41, 5.74) is 8.50. The Morgan fingerprint density at radius 3 is 2.63 bits per heavy atom. The van der Waals surface area contributed by atoms with Crippen molar-refractivity contribution in [3.05, 3.63) is 53.2 Å². The lowest BCUT2D eigenvalue weighted by molar-refractivity contribution is 0.0803. The Morgan fingerprint density at radius 1 is 1.23 bits per heavy atom. The summed E-state index contributed by atoms with van der Waals surface area (Å²) < 4.78 is 18.0. The van der Waals surface area contributed by atoms with E-state index in [0.717, 1.165) is 63.5 Å². The van der Waals surface area contributed by atoms with Crippen LogP contribution in [0.15, 0.2) is 52.6 Å². The van der Waals surface area contributed by atoms with Gasteiger partial charge in [0.2, 0.25) is 4.91 Å². The van der Waals surface area contributed by atoms with Gasteiger partial charge in [0.25, 0.3) is 0 Å². The van der Waals surface area contributed by atoms with Crippen molar-refractivity contribution in [2.75, 3.05) is 32.1 Å². The van der Waals surface area contributed by atoms with Crippen LogP contribution in [-0.2, 0) is 15.9 Å². The van der Waals surface area contributed by atoms with E-state index in [-0.39, 0.29) is 6.04 Å². The van der Waals surface area contributed by atoms with Crippen molar-refractivity contribution >= 4 is 16.9 Å². The first-order chi connectivity index (χ1) is 14.6. The predicted molar refractivity (Wildman–Crippen MR) is 120 cm³/mol. The SMILES string of the molecule is C=C(/N=C1/CC[S+]([O-])/C1=C(/N)NC1CCOCC1)N1CCC(c2ccncc2)CC1. The number of aliphatic imine (C=N–C) groups is 1. The molecule has 3 aliphatic heterocycles. The van der Waals surface area contributed by atoms with Crippen LogP contribution in [0.25, 0.3) is 0 Å². The first kappa shape index (κ1) is 21.2. The molecule has 0 aromatic carbocycles. The van der Waals surface area contributed by atoms with Gasteiger partial charge in [-0.25, -0.2) is 4.99 Å². The Hall–Kier alpha value is -2.03. The molecule has 3 aliphatic rings. The molecule has 30 heavy (non-hydrogen) atoms. The fraction of sp³-hybridized carbons (Fsp3) is 0.545. The van der Waals surface area contributed by atoms with Crippen molar-refractivity contribution in [2.45, 2.75) is 44.1 Å².